The van der Waals surface area contributed by atoms with Crippen molar-refractivity contribution in [3.8, 4) is 10.8 Å². The number of aryl methyl sites for hydroxylation is 3. The second-order valence-electron chi connectivity index (χ2n) is 9.72. The third-order valence-corrected chi connectivity index (χ3v) is 8.19. The van der Waals surface area contributed by atoms with Crippen molar-refractivity contribution in [1.82, 2.24) is 29.0 Å². The quantitative estimate of drug-likeness (QED) is 0.316. The topological polar surface area (TPSA) is 145 Å². The van der Waals surface area contributed by atoms with Crippen molar-refractivity contribution in [2.75, 3.05) is 26.9 Å². The van der Waals surface area contributed by atoms with Crippen LogP contribution in [0.25, 0.3) is 15.2 Å². The maximum atomic E-state index is 14.0. The first-order valence-electron chi connectivity index (χ1n) is 13.1. The number of ether oxygens (including phenoxy) is 1. The van der Waals surface area contributed by atoms with Gasteiger partial charge in [0.05, 0.1) is 38.1 Å². The first-order chi connectivity index (χ1) is 19.6. The summed E-state index contributed by atoms with van der Waals surface area (Å²) >= 11 is 1.23. The zero-order valence-electron chi connectivity index (χ0n) is 23.3. The number of carbonyl (C=O) groups is 1. The Balaban J connectivity index is 0.000000909. The van der Waals surface area contributed by atoms with Crippen molar-refractivity contribution in [3.05, 3.63) is 68.4 Å². The number of amides is 1. The molecule has 1 fully saturated rings. The van der Waals surface area contributed by atoms with Crippen LogP contribution in [-0.4, -0.2) is 78.1 Å². The number of rotatable bonds is 8. The number of aliphatic hydroxyl groups excluding tert-OH is 2. The van der Waals surface area contributed by atoms with Crippen LogP contribution >= 0.6 is 11.3 Å². The number of aliphatic hydroxyl groups is 2. The van der Waals surface area contributed by atoms with Crippen molar-refractivity contribution < 1.29 is 24.1 Å². The van der Waals surface area contributed by atoms with Crippen molar-refractivity contribution in [1.29, 1.82) is 0 Å². The van der Waals surface area contributed by atoms with Crippen LogP contribution in [0.15, 0.2) is 40.2 Å². The summed E-state index contributed by atoms with van der Waals surface area (Å²) in [6, 6.07) is 3.30. The molecule has 14 heteroatoms. The van der Waals surface area contributed by atoms with Gasteiger partial charge in [0.15, 0.2) is 0 Å². The maximum Gasteiger partial charge on any atom is 0.332 e. The van der Waals surface area contributed by atoms with Crippen LogP contribution in [0, 0.1) is 12.7 Å². The number of methoxy groups -OCH3 is 1. The Labute approximate surface area is 238 Å². The first-order valence-corrected chi connectivity index (χ1v) is 14.0. The monoisotopic (exact) mass is 588 g/mol. The third-order valence-electron chi connectivity index (χ3n) is 6.91. The zero-order chi connectivity index (χ0) is 29.8. The molecule has 1 saturated heterocycles. The number of aromatic nitrogens is 5. The molecule has 4 aromatic rings. The second kappa shape index (κ2) is 12.7. The van der Waals surface area contributed by atoms with Gasteiger partial charge in [0.1, 0.15) is 27.4 Å². The largest absolute Gasteiger partial charge is 0.496 e. The SMILES string of the molecule is COc1ccc(F)cc1CCn1c(=O)n(C2CCN(C(C)C)C2=O)c(=O)c2c(C)c(-n3nccn3)sc21.OCCO. The summed E-state index contributed by atoms with van der Waals surface area (Å²) in [6.07, 6.45) is 3.70. The minimum atomic E-state index is -0.882. The Morgan fingerprint density at radius 1 is 1.15 bits per heavy atom. The van der Waals surface area contributed by atoms with E-state index in [1.165, 1.54) is 52.3 Å². The van der Waals surface area contributed by atoms with E-state index in [-0.39, 0.29) is 38.1 Å². The van der Waals surface area contributed by atoms with Gasteiger partial charge in [0.25, 0.3) is 5.56 Å². The molecule has 1 aromatic carbocycles. The highest BCUT2D eigenvalue weighted by atomic mass is 32.1. The first kappa shape index (κ1) is 30.1. The van der Waals surface area contributed by atoms with E-state index in [9.17, 15) is 18.8 Å². The van der Waals surface area contributed by atoms with Crippen molar-refractivity contribution in [2.45, 2.75) is 52.2 Å². The van der Waals surface area contributed by atoms with E-state index in [0.29, 0.717) is 45.1 Å². The summed E-state index contributed by atoms with van der Waals surface area (Å²) < 4.78 is 22.0. The standard InChI is InChI=1S/C25H27FN6O4S.C2H6O2/c1-14(2)29-12-8-18(21(29)33)31-22(34)20-15(3)23(32-27-9-10-28-32)37-24(20)30(25(31)35)11-7-16-13-17(26)5-6-19(16)36-4;3-1-2-4/h5-6,9-10,13-14,18H,7-8,11-12H2,1-4H3;3-4H,1-2H2. The molecule has 1 unspecified atom stereocenters. The molecule has 1 aliphatic rings. The molecule has 1 aliphatic heterocycles. The Kier molecular flexibility index (Phi) is 9.35. The van der Waals surface area contributed by atoms with E-state index in [1.807, 2.05) is 13.8 Å². The van der Waals surface area contributed by atoms with E-state index < -0.39 is 23.1 Å². The van der Waals surface area contributed by atoms with E-state index >= 15 is 0 Å². The lowest BCUT2D eigenvalue weighted by Gasteiger charge is -2.21. The predicted molar refractivity (Wildman–Crippen MR) is 151 cm³/mol. The molecule has 5 rings (SSSR count). The van der Waals surface area contributed by atoms with Gasteiger partial charge in [-0.15, -0.1) is 4.80 Å². The fourth-order valence-electron chi connectivity index (χ4n) is 4.95. The minimum absolute atomic E-state index is 0.0417. The molecule has 12 nitrogen and oxygen atoms in total. The van der Waals surface area contributed by atoms with E-state index in [4.69, 9.17) is 14.9 Å². The van der Waals surface area contributed by atoms with E-state index in [2.05, 4.69) is 10.2 Å². The third kappa shape index (κ3) is 5.80. The van der Waals surface area contributed by atoms with Crippen molar-refractivity contribution in [3.63, 3.8) is 0 Å². The number of carbonyl (C=O) groups excluding carboxylic acids is 1. The number of hydrogen-bond donors (Lipinski definition) is 2. The molecule has 1 amide bonds. The molecule has 0 saturated carbocycles. The Hall–Kier alpha value is -3.88. The van der Waals surface area contributed by atoms with E-state index in [0.717, 1.165) is 4.57 Å². The fourth-order valence-corrected chi connectivity index (χ4v) is 6.19. The molecule has 0 bridgehead atoms. The Morgan fingerprint density at radius 3 is 2.41 bits per heavy atom. The highest BCUT2D eigenvalue weighted by Crippen LogP contribution is 2.32. The summed E-state index contributed by atoms with van der Waals surface area (Å²) in [6.45, 7) is 5.96. The van der Waals surface area contributed by atoms with Crippen LogP contribution in [0.3, 0.4) is 0 Å². The summed E-state index contributed by atoms with van der Waals surface area (Å²) in [5.41, 5.74) is 0.136. The van der Waals surface area contributed by atoms with Crippen LogP contribution in [0.5, 0.6) is 5.75 Å². The number of halogens is 1. The highest BCUT2D eigenvalue weighted by molar-refractivity contribution is 7.21. The van der Waals surface area contributed by atoms with Gasteiger partial charge in [-0.1, -0.05) is 11.3 Å². The van der Waals surface area contributed by atoms with Gasteiger partial charge < -0.3 is 19.8 Å². The van der Waals surface area contributed by atoms with Crippen molar-refractivity contribution in [2.24, 2.45) is 0 Å². The molecule has 0 aliphatic carbocycles. The lowest BCUT2D eigenvalue weighted by atomic mass is 10.1. The molecule has 4 heterocycles. The van der Waals surface area contributed by atoms with Gasteiger partial charge in [-0.3, -0.25) is 14.2 Å². The lowest BCUT2D eigenvalue weighted by Crippen LogP contribution is -2.45. The number of hydrogen-bond acceptors (Lipinski definition) is 9. The summed E-state index contributed by atoms with van der Waals surface area (Å²) in [4.78, 5) is 44.4. The molecular weight excluding hydrogens is 555 g/mol. The van der Waals surface area contributed by atoms with Gasteiger partial charge in [-0.2, -0.15) is 10.2 Å². The number of likely N-dealkylation sites (tertiary alicyclic amines) is 1. The summed E-state index contributed by atoms with van der Waals surface area (Å²) in [7, 11) is 1.50. The number of benzene rings is 1. The normalized spacial score (nSPS) is 15.1. The van der Waals surface area contributed by atoms with Gasteiger partial charge in [0.2, 0.25) is 5.91 Å². The summed E-state index contributed by atoms with van der Waals surface area (Å²) in [5.74, 6) is -0.155. The number of nitrogens with zero attached hydrogens (tertiary/aromatic N) is 6. The van der Waals surface area contributed by atoms with Gasteiger partial charge in [-0.25, -0.2) is 13.8 Å². The number of fused-ring (bicyclic) bond motifs is 1. The van der Waals surface area contributed by atoms with Crippen molar-refractivity contribution >= 4 is 27.5 Å². The Morgan fingerprint density at radius 2 is 1.83 bits per heavy atom. The predicted octanol–water partition coefficient (Wildman–Crippen LogP) is 1.66. The smallest absolute Gasteiger partial charge is 0.332 e. The molecular formula is C27H33FN6O6S. The molecule has 0 spiro atoms. The lowest BCUT2D eigenvalue weighted by molar-refractivity contribution is -0.131. The van der Waals surface area contributed by atoms with Gasteiger partial charge >= 0.3 is 5.69 Å². The Bertz CT molecular complexity index is 1640. The second-order valence-corrected chi connectivity index (χ2v) is 10.7. The van der Waals surface area contributed by atoms with Gasteiger partial charge in [-0.05, 0) is 57.4 Å². The van der Waals surface area contributed by atoms with Crippen LogP contribution < -0.4 is 16.0 Å². The average Bonchev–Trinajstić information content (AvgIpc) is 3.69. The molecule has 41 heavy (non-hydrogen) atoms. The van der Waals surface area contributed by atoms with Crippen LogP contribution in [0.1, 0.15) is 37.4 Å². The molecule has 0 radical (unpaired) electrons. The van der Waals surface area contributed by atoms with E-state index in [1.54, 1.807) is 17.9 Å². The zero-order valence-corrected chi connectivity index (χ0v) is 24.1. The molecule has 220 valence electrons. The highest BCUT2D eigenvalue weighted by Gasteiger charge is 2.37. The molecule has 2 N–H and O–H groups in total. The number of thiophene rings is 1. The van der Waals surface area contributed by atoms with Gasteiger partial charge in [0, 0.05) is 24.7 Å². The maximum absolute atomic E-state index is 14.0. The summed E-state index contributed by atoms with van der Waals surface area (Å²) in [5, 5.41) is 24.6. The molecule has 3 aromatic heterocycles. The fraction of sp³-hybridized carbons (Fsp3) is 0.444. The van der Waals surface area contributed by atoms with Crippen LogP contribution in [0.4, 0.5) is 4.39 Å². The molecule has 1 atom stereocenters. The minimum Gasteiger partial charge on any atom is -0.496 e. The van der Waals surface area contributed by atoms with Crippen LogP contribution in [-0.2, 0) is 17.8 Å². The van der Waals surface area contributed by atoms with Crippen LogP contribution in [0.2, 0.25) is 0 Å². The average molecular weight is 589 g/mol.